The molecule has 0 saturated heterocycles. The number of H-pyrrole nitrogens is 1. The number of aromatic amines is 1. The monoisotopic (exact) mass is 266 g/mol. The van der Waals surface area contributed by atoms with E-state index in [-0.39, 0.29) is 5.41 Å². The van der Waals surface area contributed by atoms with Gasteiger partial charge in [-0.15, -0.1) is 0 Å². The van der Waals surface area contributed by atoms with Gasteiger partial charge in [-0.1, -0.05) is 29.4 Å². The van der Waals surface area contributed by atoms with Crippen molar-refractivity contribution in [1.82, 2.24) is 20.3 Å². The molecule has 5 heteroatoms. The molecule has 3 aromatic rings. The van der Waals surface area contributed by atoms with Crippen LogP contribution in [0.3, 0.4) is 0 Å². The van der Waals surface area contributed by atoms with E-state index in [1.165, 1.54) is 11.1 Å². The molecule has 2 heterocycles. The van der Waals surface area contributed by atoms with E-state index in [1.54, 1.807) is 6.20 Å². The average Bonchev–Trinajstić information content (AvgIpc) is 2.93. The molecule has 1 aliphatic rings. The lowest BCUT2D eigenvalue weighted by atomic mass is 9.91. The third-order valence-electron chi connectivity index (χ3n) is 4.00. The molecule has 1 aromatic carbocycles. The summed E-state index contributed by atoms with van der Waals surface area (Å²) < 4.78 is 5.36. The van der Waals surface area contributed by atoms with Crippen LogP contribution in [0, 0.1) is 6.92 Å². The fourth-order valence-electron chi connectivity index (χ4n) is 2.75. The third kappa shape index (κ3) is 1.59. The van der Waals surface area contributed by atoms with Crippen molar-refractivity contribution in [3.8, 4) is 11.6 Å². The number of benzene rings is 1. The molecule has 0 bridgehead atoms. The molecule has 20 heavy (non-hydrogen) atoms. The highest BCUT2D eigenvalue weighted by Gasteiger charge is 2.50. The van der Waals surface area contributed by atoms with Gasteiger partial charge in [0.2, 0.25) is 0 Å². The molecule has 0 amide bonds. The molecule has 0 spiro atoms. The number of nitrogens with one attached hydrogen (secondary N) is 1. The Morgan fingerprint density at radius 1 is 1.20 bits per heavy atom. The number of nitrogens with zero attached hydrogens (tertiary/aromatic N) is 3. The van der Waals surface area contributed by atoms with Crippen LogP contribution in [0.15, 0.2) is 41.1 Å². The highest BCUT2D eigenvalue weighted by Crippen LogP contribution is 2.53. The van der Waals surface area contributed by atoms with Crippen LogP contribution in [0.2, 0.25) is 0 Å². The second-order valence-electron chi connectivity index (χ2n) is 5.29. The summed E-state index contributed by atoms with van der Waals surface area (Å²) in [4.78, 5) is 4.56. The van der Waals surface area contributed by atoms with Crippen LogP contribution in [0.1, 0.15) is 29.8 Å². The van der Waals surface area contributed by atoms with Crippen molar-refractivity contribution in [3.63, 3.8) is 0 Å². The fourth-order valence-corrected chi connectivity index (χ4v) is 2.75. The first-order valence-electron chi connectivity index (χ1n) is 6.70. The van der Waals surface area contributed by atoms with E-state index in [0.717, 1.165) is 24.4 Å². The van der Waals surface area contributed by atoms with Gasteiger partial charge in [-0.2, -0.15) is 10.1 Å². The summed E-state index contributed by atoms with van der Waals surface area (Å²) in [6, 6.07) is 10.2. The Kier molecular flexibility index (Phi) is 2.30. The van der Waals surface area contributed by atoms with Crippen LogP contribution in [-0.4, -0.2) is 20.3 Å². The van der Waals surface area contributed by atoms with E-state index in [9.17, 15) is 0 Å². The van der Waals surface area contributed by atoms with Gasteiger partial charge >= 0.3 is 0 Å². The molecule has 4 rings (SSSR count). The molecule has 1 saturated carbocycles. The van der Waals surface area contributed by atoms with Gasteiger partial charge in [0.15, 0.2) is 5.82 Å². The first-order chi connectivity index (χ1) is 9.79. The molecule has 0 unspecified atom stereocenters. The van der Waals surface area contributed by atoms with Crippen molar-refractivity contribution >= 4 is 0 Å². The largest absolute Gasteiger partial charge is 0.332 e. The maximum atomic E-state index is 5.36. The van der Waals surface area contributed by atoms with E-state index in [0.29, 0.717) is 5.89 Å². The molecular weight excluding hydrogens is 252 g/mol. The first kappa shape index (κ1) is 11.4. The number of hydrogen-bond donors (Lipinski definition) is 1. The maximum Gasteiger partial charge on any atom is 0.275 e. The Balaban J connectivity index is 1.76. The molecule has 1 aliphatic carbocycles. The van der Waals surface area contributed by atoms with Gasteiger partial charge in [0.1, 0.15) is 5.69 Å². The third-order valence-corrected chi connectivity index (χ3v) is 4.00. The Labute approximate surface area is 116 Å². The molecular formula is C15H14N4O. The highest BCUT2D eigenvalue weighted by molar-refractivity contribution is 5.48. The van der Waals surface area contributed by atoms with E-state index >= 15 is 0 Å². The second kappa shape index (κ2) is 4.03. The predicted molar refractivity (Wildman–Crippen MR) is 73.1 cm³/mol. The van der Waals surface area contributed by atoms with Gasteiger partial charge in [0.25, 0.3) is 5.89 Å². The Morgan fingerprint density at radius 3 is 2.75 bits per heavy atom. The van der Waals surface area contributed by atoms with Crippen LogP contribution in [0.5, 0.6) is 0 Å². The van der Waals surface area contributed by atoms with Crippen molar-refractivity contribution in [2.75, 3.05) is 0 Å². The van der Waals surface area contributed by atoms with Crippen LogP contribution in [0.4, 0.5) is 0 Å². The predicted octanol–water partition coefficient (Wildman–Crippen LogP) is 2.85. The average molecular weight is 266 g/mol. The first-order valence-corrected chi connectivity index (χ1v) is 6.70. The van der Waals surface area contributed by atoms with E-state index < -0.39 is 0 Å². The quantitative estimate of drug-likeness (QED) is 0.791. The summed E-state index contributed by atoms with van der Waals surface area (Å²) in [7, 11) is 0. The van der Waals surface area contributed by atoms with E-state index in [1.807, 2.05) is 6.07 Å². The zero-order chi connectivity index (χ0) is 13.6. The summed E-state index contributed by atoms with van der Waals surface area (Å²) in [6.45, 7) is 2.13. The number of hydrogen-bond acceptors (Lipinski definition) is 4. The van der Waals surface area contributed by atoms with Gasteiger partial charge in [0, 0.05) is 6.20 Å². The lowest BCUT2D eigenvalue weighted by Gasteiger charge is -2.13. The number of rotatable bonds is 3. The molecule has 0 radical (unpaired) electrons. The highest BCUT2D eigenvalue weighted by atomic mass is 16.5. The molecule has 0 aliphatic heterocycles. The molecule has 1 N–H and O–H groups in total. The van der Waals surface area contributed by atoms with Crippen molar-refractivity contribution in [2.45, 2.75) is 25.2 Å². The zero-order valence-electron chi connectivity index (χ0n) is 11.1. The van der Waals surface area contributed by atoms with Gasteiger partial charge in [-0.05, 0) is 37.0 Å². The fraction of sp³-hybridized carbons (Fsp3) is 0.267. The van der Waals surface area contributed by atoms with Crippen LogP contribution < -0.4 is 0 Å². The zero-order valence-corrected chi connectivity index (χ0v) is 11.1. The van der Waals surface area contributed by atoms with Crippen molar-refractivity contribution in [1.29, 1.82) is 0 Å². The van der Waals surface area contributed by atoms with Gasteiger partial charge < -0.3 is 4.52 Å². The minimum Gasteiger partial charge on any atom is -0.332 e. The lowest BCUT2D eigenvalue weighted by Crippen LogP contribution is -2.12. The van der Waals surface area contributed by atoms with Gasteiger partial charge in [0.05, 0.1) is 5.41 Å². The number of aryl methyl sites for hydroxylation is 1. The standard InChI is InChI=1S/C15H14N4O/c1-10-4-2-3-5-11(10)15(7-8-15)14-17-13(20-19-14)12-6-9-16-18-12/h2-6,9H,7-8H2,1H3,(H,16,18). The van der Waals surface area contributed by atoms with Crippen LogP contribution >= 0.6 is 0 Å². The Bertz CT molecular complexity index is 741. The summed E-state index contributed by atoms with van der Waals surface area (Å²) in [6.07, 6.45) is 3.81. The normalized spacial score (nSPS) is 16.2. The summed E-state index contributed by atoms with van der Waals surface area (Å²) in [5.74, 6) is 1.27. The molecule has 0 atom stereocenters. The summed E-state index contributed by atoms with van der Waals surface area (Å²) in [5.41, 5.74) is 3.27. The minimum absolute atomic E-state index is 0.0624. The maximum absolute atomic E-state index is 5.36. The van der Waals surface area contributed by atoms with E-state index in [4.69, 9.17) is 4.52 Å². The van der Waals surface area contributed by atoms with Crippen molar-refractivity contribution < 1.29 is 4.52 Å². The SMILES string of the molecule is Cc1ccccc1C1(c2noc(-c3ccn[nH]3)n2)CC1. The van der Waals surface area contributed by atoms with Crippen molar-refractivity contribution in [2.24, 2.45) is 0 Å². The Hall–Kier alpha value is -2.43. The molecule has 1 fully saturated rings. The molecule has 2 aromatic heterocycles. The lowest BCUT2D eigenvalue weighted by molar-refractivity contribution is 0.416. The van der Waals surface area contributed by atoms with Crippen molar-refractivity contribution in [3.05, 3.63) is 53.5 Å². The number of aromatic nitrogens is 4. The van der Waals surface area contributed by atoms with E-state index in [2.05, 4.69) is 51.5 Å². The van der Waals surface area contributed by atoms with Gasteiger partial charge in [-0.3, -0.25) is 5.10 Å². The van der Waals surface area contributed by atoms with Gasteiger partial charge in [-0.25, -0.2) is 0 Å². The minimum atomic E-state index is -0.0624. The van der Waals surface area contributed by atoms with Crippen LogP contribution in [0.25, 0.3) is 11.6 Å². The summed E-state index contributed by atoms with van der Waals surface area (Å²) in [5, 5.41) is 10.9. The molecule has 5 nitrogen and oxygen atoms in total. The van der Waals surface area contributed by atoms with Crippen LogP contribution in [-0.2, 0) is 5.41 Å². The second-order valence-corrected chi connectivity index (χ2v) is 5.29. The topological polar surface area (TPSA) is 67.6 Å². The molecule has 100 valence electrons. The smallest absolute Gasteiger partial charge is 0.275 e. The Morgan fingerprint density at radius 2 is 2.05 bits per heavy atom. The summed E-state index contributed by atoms with van der Waals surface area (Å²) >= 11 is 0.